The summed E-state index contributed by atoms with van der Waals surface area (Å²) < 4.78 is 26.0. The van der Waals surface area contributed by atoms with Crippen LogP contribution in [-0.2, 0) is 4.79 Å². The first kappa shape index (κ1) is 21.4. The largest absolute Gasteiger partial charge is 0.352 e. The molecule has 164 valence electrons. The third-order valence-corrected chi connectivity index (χ3v) is 4.99. The minimum Gasteiger partial charge on any atom is -0.352 e. The molecule has 1 heterocycles. The molecule has 0 saturated heterocycles. The summed E-state index contributed by atoms with van der Waals surface area (Å²) in [4.78, 5) is 32.4. The van der Waals surface area contributed by atoms with Crippen LogP contribution in [0.15, 0.2) is 60.8 Å². The first-order chi connectivity index (χ1) is 15.4. The van der Waals surface area contributed by atoms with Crippen molar-refractivity contribution in [3.05, 3.63) is 66.4 Å². The lowest BCUT2D eigenvalue weighted by Crippen LogP contribution is -2.22. The normalized spacial score (nSPS) is 16.2. The number of carbonyl (C=O) groups excluding carboxylic acids is 2. The van der Waals surface area contributed by atoms with E-state index in [1.807, 2.05) is 6.92 Å². The highest BCUT2D eigenvalue weighted by atomic mass is 19.3. The van der Waals surface area contributed by atoms with Gasteiger partial charge in [0.2, 0.25) is 11.9 Å². The summed E-state index contributed by atoms with van der Waals surface area (Å²) in [6.45, 7) is 2.42. The van der Waals surface area contributed by atoms with Crippen LogP contribution in [-0.4, -0.2) is 34.2 Å². The minimum absolute atomic E-state index is 0.136. The Hall–Kier alpha value is -3.88. The Morgan fingerprint density at radius 3 is 2.31 bits per heavy atom. The molecule has 7 nitrogen and oxygen atoms in total. The number of hydrogen-bond acceptors (Lipinski definition) is 5. The molecule has 0 radical (unpaired) electrons. The molecule has 1 aliphatic carbocycles. The van der Waals surface area contributed by atoms with Gasteiger partial charge in [0, 0.05) is 41.7 Å². The molecule has 32 heavy (non-hydrogen) atoms. The van der Waals surface area contributed by atoms with Crippen LogP contribution in [0.25, 0.3) is 11.3 Å². The molecule has 1 fully saturated rings. The zero-order valence-electron chi connectivity index (χ0n) is 17.2. The quantitative estimate of drug-likeness (QED) is 0.514. The van der Waals surface area contributed by atoms with Crippen molar-refractivity contribution < 1.29 is 18.4 Å². The van der Waals surface area contributed by atoms with Crippen LogP contribution in [0.5, 0.6) is 0 Å². The predicted octanol–water partition coefficient (Wildman–Crippen LogP) is 4.23. The van der Waals surface area contributed by atoms with Crippen molar-refractivity contribution in [1.82, 2.24) is 15.3 Å². The van der Waals surface area contributed by atoms with Gasteiger partial charge in [-0.05, 0) is 49.4 Å². The van der Waals surface area contributed by atoms with Crippen molar-refractivity contribution in [3.63, 3.8) is 0 Å². The lowest BCUT2D eigenvalue weighted by molar-refractivity contribution is -0.119. The topological polar surface area (TPSA) is 96.0 Å². The number of amides is 2. The van der Waals surface area contributed by atoms with Crippen LogP contribution >= 0.6 is 0 Å². The number of alkyl halides is 2. The van der Waals surface area contributed by atoms with E-state index in [0.29, 0.717) is 29.4 Å². The van der Waals surface area contributed by atoms with Gasteiger partial charge in [-0.15, -0.1) is 0 Å². The number of rotatable bonds is 7. The van der Waals surface area contributed by atoms with Gasteiger partial charge in [0.05, 0.1) is 5.69 Å². The monoisotopic (exact) mass is 437 g/mol. The Bertz CT molecular complexity index is 1130. The van der Waals surface area contributed by atoms with E-state index in [0.717, 1.165) is 11.3 Å². The SMILES string of the molecule is CCNC(=O)c1ccc(Nc2nccc(-c3ccc(NC(=O)[C@@H]4CC4(F)F)cc3)n2)cc1. The van der Waals surface area contributed by atoms with Crippen LogP contribution < -0.4 is 16.0 Å². The van der Waals surface area contributed by atoms with Crippen molar-refractivity contribution >= 4 is 29.1 Å². The molecule has 0 unspecified atom stereocenters. The summed E-state index contributed by atoms with van der Waals surface area (Å²) in [5.74, 6) is -4.57. The van der Waals surface area contributed by atoms with Crippen LogP contribution in [0.4, 0.5) is 26.1 Å². The van der Waals surface area contributed by atoms with Crippen molar-refractivity contribution in [3.8, 4) is 11.3 Å². The standard InChI is InChI=1S/C23H21F2N5O2/c1-2-26-20(31)15-5-9-17(10-6-15)29-22-27-12-11-19(30-22)14-3-7-16(8-4-14)28-21(32)18-13-23(18,24)25/h3-12,18H,2,13H2,1H3,(H,26,31)(H,28,32)(H,27,29,30)/t18-/m0/s1. The first-order valence-corrected chi connectivity index (χ1v) is 10.1. The maximum Gasteiger partial charge on any atom is 0.260 e. The van der Waals surface area contributed by atoms with Gasteiger partial charge in [-0.25, -0.2) is 18.7 Å². The van der Waals surface area contributed by atoms with Gasteiger partial charge in [-0.1, -0.05) is 12.1 Å². The van der Waals surface area contributed by atoms with Gasteiger partial charge in [0.25, 0.3) is 11.8 Å². The molecule has 2 aromatic carbocycles. The maximum absolute atomic E-state index is 13.0. The van der Waals surface area contributed by atoms with Crippen molar-refractivity contribution in [1.29, 1.82) is 0 Å². The molecule has 2 amide bonds. The molecule has 9 heteroatoms. The van der Waals surface area contributed by atoms with Crippen molar-refractivity contribution in [2.24, 2.45) is 5.92 Å². The molecule has 1 aromatic heterocycles. The van der Waals surface area contributed by atoms with Crippen LogP contribution in [0.1, 0.15) is 23.7 Å². The summed E-state index contributed by atoms with van der Waals surface area (Å²) in [6, 6.07) is 15.5. The summed E-state index contributed by atoms with van der Waals surface area (Å²) in [5.41, 5.74) is 3.15. The molecule has 0 spiro atoms. The van der Waals surface area contributed by atoms with E-state index in [2.05, 4.69) is 25.9 Å². The van der Waals surface area contributed by atoms with E-state index in [9.17, 15) is 18.4 Å². The molecular formula is C23H21F2N5O2. The fourth-order valence-electron chi connectivity index (χ4n) is 3.13. The zero-order valence-corrected chi connectivity index (χ0v) is 17.2. The smallest absolute Gasteiger partial charge is 0.260 e. The van der Waals surface area contributed by atoms with Gasteiger partial charge < -0.3 is 16.0 Å². The van der Waals surface area contributed by atoms with Gasteiger partial charge in [-0.2, -0.15) is 0 Å². The maximum atomic E-state index is 13.0. The summed E-state index contributed by atoms with van der Waals surface area (Å²) in [7, 11) is 0. The number of nitrogens with zero attached hydrogens (tertiary/aromatic N) is 2. The van der Waals surface area contributed by atoms with E-state index >= 15 is 0 Å². The first-order valence-electron chi connectivity index (χ1n) is 10.1. The summed E-state index contributed by atoms with van der Waals surface area (Å²) in [5, 5.41) is 8.35. The second-order valence-electron chi connectivity index (χ2n) is 7.41. The van der Waals surface area contributed by atoms with Crippen LogP contribution in [0, 0.1) is 5.92 Å². The second-order valence-corrected chi connectivity index (χ2v) is 7.41. The highest BCUT2D eigenvalue weighted by Gasteiger charge is 2.61. The van der Waals surface area contributed by atoms with E-state index in [1.54, 1.807) is 60.8 Å². The molecule has 3 N–H and O–H groups in total. The lowest BCUT2D eigenvalue weighted by atomic mass is 10.1. The summed E-state index contributed by atoms with van der Waals surface area (Å²) >= 11 is 0. The minimum atomic E-state index is -2.89. The Morgan fingerprint density at radius 2 is 1.69 bits per heavy atom. The molecule has 4 rings (SSSR count). The van der Waals surface area contributed by atoms with Crippen molar-refractivity contribution in [2.45, 2.75) is 19.3 Å². The number of benzene rings is 2. The van der Waals surface area contributed by atoms with Crippen LogP contribution in [0.2, 0.25) is 0 Å². The number of nitrogens with one attached hydrogen (secondary N) is 3. The molecule has 0 aliphatic heterocycles. The van der Waals surface area contributed by atoms with E-state index in [1.165, 1.54) is 0 Å². The average Bonchev–Trinajstić information content (AvgIpc) is 3.43. The van der Waals surface area contributed by atoms with E-state index < -0.39 is 24.2 Å². The fourth-order valence-corrected chi connectivity index (χ4v) is 3.13. The van der Waals surface area contributed by atoms with E-state index in [4.69, 9.17) is 0 Å². The Balaban J connectivity index is 1.41. The average molecular weight is 437 g/mol. The number of anilines is 3. The fraction of sp³-hybridized carbons (Fsp3) is 0.217. The molecule has 0 bridgehead atoms. The number of aromatic nitrogens is 2. The lowest BCUT2D eigenvalue weighted by Gasteiger charge is -2.09. The third kappa shape index (κ3) is 4.88. The molecule has 1 saturated carbocycles. The third-order valence-electron chi connectivity index (χ3n) is 4.99. The zero-order chi connectivity index (χ0) is 22.7. The Morgan fingerprint density at radius 1 is 1.03 bits per heavy atom. The van der Waals surface area contributed by atoms with Gasteiger partial charge >= 0.3 is 0 Å². The highest BCUT2D eigenvalue weighted by Crippen LogP contribution is 2.49. The van der Waals surface area contributed by atoms with Crippen molar-refractivity contribution in [2.75, 3.05) is 17.2 Å². The second kappa shape index (κ2) is 8.70. The molecule has 1 aliphatic rings. The Labute approximate surface area is 183 Å². The van der Waals surface area contributed by atoms with Crippen LogP contribution in [0.3, 0.4) is 0 Å². The molecule has 1 atom stereocenters. The van der Waals surface area contributed by atoms with E-state index in [-0.39, 0.29) is 5.91 Å². The summed E-state index contributed by atoms with van der Waals surface area (Å²) in [6.07, 6.45) is 1.21. The number of carbonyl (C=O) groups is 2. The van der Waals surface area contributed by atoms with Gasteiger partial charge in [0.15, 0.2) is 0 Å². The van der Waals surface area contributed by atoms with Gasteiger partial charge in [0.1, 0.15) is 5.92 Å². The highest BCUT2D eigenvalue weighted by molar-refractivity contribution is 5.95. The number of hydrogen-bond donors (Lipinski definition) is 3. The molecule has 3 aromatic rings. The Kier molecular flexibility index (Phi) is 5.81. The number of halogens is 2. The van der Waals surface area contributed by atoms with Gasteiger partial charge in [-0.3, -0.25) is 9.59 Å². The predicted molar refractivity (Wildman–Crippen MR) is 117 cm³/mol. The molecular weight excluding hydrogens is 416 g/mol.